The highest BCUT2D eigenvalue weighted by Gasteiger charge is 2.42. The molecule has 3 aromatic heterocycles. The van der Waals surface area contributed by atoms with Gasteiger partial charge in [-0.15, -0.1) is 0 Å². The predicted octanol–water partition coefficient (Wildman–Crippen LogP) is 4.97. The first kappa shape index (κ1) is 23.0. The van der Waals surface area contributed by atoms with Crippen molar-refractivity contribution in [3.63, 3.8) is 0 Å². The number of carboxylic acid groups (broad SMARTS) is 1. The second-order valence-corrected chi connectivity index (χ2v) is 10.0. The van der Waals surface area contributed by atoms with Crippen LogP contribution in [0.3, 0.4) is 0 Å². The van der Waals surface area contributed by atoms with Crippen LogP contribution in [-0.4, -0.2) is 43.0 Å². The van der Waals surface area contributed by atoms with Gasteiger partial charge in [0.2, 0.25) is 0 Å². The van der Waals surface area contributed by atoms with Crippen LogP contribution >= 0.6 is 0 Å². The second kappa shape index (κ2) is 8.17. The molecule has 35 heavy (non-hydrogen) atoms. The molecule has 0 bridgehead atoms. The van der Waals surface area contributed by atoms with E-state index in [1.165, 1.54) is 12.1 Å². The summed E-state index contributed by atoms with van der Waals surface area (Å²) in [4.78, 5) is 16.7. The average molecular weight is 476 g/mol. The number of carbonyl (C=O) groups is 1. The summed E-state index contributed by atoms with van der Waals surface area (Å²) >= 11 is 0. The largest absolute Gasteiger partial charge is 0.479 e. The van der Waals surface area contributed by atoms with E-state index in [1.54, 1.807) is 25.3 Å². The third kappa shape index (κ3) is 3.74. The van der Waals surface area contributed by atoms with Crippen molar-refractivity contribution in [2.24, 2.45) is 0 Å². The highest BCUT2D eigenvalue weighted by Crippen LogP contribution is 2.45. The molecule has 4 aromatic rings. The molecule has 2 atom stereocenters. The van der Waals surface area contributed by atoms with E-state index in [1.807, 2.05) is 24.5 Å². The Morgan fingerprint density at radius 2 is 2.14 bits per heavy atom. The fourth-order valence-corrected chi connectivity index (χ4v) is 5.07. The second-order valence-electron chi connectivity index (χ2n) is 10.0. The standard InChI is InChI=1S/C26H26FN5O3/c1-25(2,10-11-28)22-20(15-8-9-26(3,24(33)34)35-14-15)21-19(12-16-13-29-31-23(16)30-21)32(22)18-6-4-17(27)5-7-18/h4-7,12-13,15H,8-10,14H2,1-3H3,(H,33,34)(H,29,30,31)/t15-,26+/m0/s1. The molecule has 1 saturated heterocycles. The minimum atomic E-state index is -1.24. The number of benzene rings is 1. The monoisotopic (exact) mass is 475 g/mol. The van der Waals surface area contributed by atoms with Gasteiger partial charge in [-0.25, -0.2) is 14.2 Å². The summed E-state index contributed by atoms with van der Waals surface area (Å²) in [7, 11) is 0. The number of ether oxygens (including phenoxy) is 1. The van der Waals surface area contributed by atoms with E-state index < -0.39 is 17.0 Å². The first-order chi connectivity index (χ1) is 16.6. The van der Waals surface area contributed by atoms with Crippen molar-refractivity contribution in [2.75, 3.05) is 6.61 Å². The number of nitrogens with zero attached hydrogens (tertiary/aromatic N) is 4. The lowest BCUT2D eigenvalue weighted by molar-refractivity contribution is -0.170. The SMILES string of the molecule is CC(C)(CC#N)c1c([C@H]2CC[C@](C)(C(=O)O)OC2)c2nc3[nH]ncc3cc2n1-c1ccc(F)cc1. The van der Waals surface area contributed by atoms with Crippen LogP contribution in [0.5, 0.6) is 0 Å². The minimum Gasteiger partial charge on any atom is -0.479 e. The summed E-state index contributed by atoms with van der Waals surface area (Å²) in [5.74, 6) is -1.45. The summed E-state index contributed by atoms with van der Waals surface area (Å²) < 4.78 is 21.8. The molecule has 0 aliphatic carbocycles. The van der Waals surface area contributed by atoms with Crippen LogP contribution in [0.1, 0.15) is 57.2 Å². The van der Waals surface area contributed by atoms with Crippen molar-refractivity contribution in [3.05, 3.63) is 53.6 Å². The average Bonchev–Trinajstić information content (AvgIpc) is 3.41. The molecule has 0 spiro atoms. The number of H-pyrrole nitrogens is 1. The molecule has 0 saturated carbocycles. The minimum absolute atomic E-state index is 0.132. The molecule has 4 heterocycles. The summed E-state index contributed by atoms with van der Waals surface area (Å²) in [5.41, 5.74) is 2.92. The van der Waals surface area contributed by atoms with Crippen molar-refractivity contribution in [1.82, 2.24) is 19.7 Å². The summed E-state index contributed by atoms with van der Waals surface area (Å²) in [6.45, 7) is 5.82. The Morgan fingerprint density at radius 3 is 2.77 bits per heavy atom. The molecular weight excluding hydrogens is 449 g/mol. The lowest BCUT2D eigenvalue weighted by atomic mass is 9.78. The molecule has 0 radical (unpaired) electrons. The molecule has 1 aliphatic heterocycles. The maximum Gasteiger partial charge on any atom is 0.335 e. The van der Waals surface area contributed by atoms with Crippen LogP contribution in [0.4, 0.5) is 4.39 Å². The molecule has 180 valence electrons. The summed E-state index contributed by atoms with van der Waals surface area (Å²) in [5, 5.41) is 27.2. The van der Waals surface area contributed by atoms with Crippen LogP contribution in [0.25, 0.3) is 27.8 Å². The maximum atomic E-state index is 13.8. The number of hydrogen-bond donors (Lipinski definition) is 2. The summed E-state index contributed by atoms with van der Waals surface area (Å²) in [6, 6.07) is 10.5. The van der Waals surface area contributed by atoms with Crippen LogP contribution in [0.15, 0.2) is 36.5 Å². The molecule has 9 heteroatoms. The van der Waals surface area contributed by atoms with Crippen molar-refractivity contribution in [3.8, 4) is 11.8 Å². The van der Waals surface area contributed by atoms with Crippen LogP contribution in [0.2, 0.25) is 0 Å². The van der Waals surface area contributed by atoms with Gasteiger partial charge in [0, 0.05) is 40.1 Å². The maximum absolute atomic E-state index is 13.8. The third-order valence-electron chi connectivity index (χ3n) is 7.06. The van der Waals surface area contributed by atoms with Crippen molar-refractivity contribution in [2.45, 2.75) is 57.0 Å². The van der Waals surface area contributed by atoms with E-state index in [9.17, 15) is 19.6 Å². The van der Waals surface area contributed by atoms with Gasteiger partial charge >= 0.3 is 5.97 Å². The zero-order valence-corrected chi connectivity index (χ0v) is 19.8. The van der Waals surface area contributed by atoms with Gasteiger partial charge in [0.05, 0.1) is 29.9 Å². The quantitative estimate of drug-likeness (QED) is 0.421. The Kier molecular flexibility index (Phi) is 5.37. The number of halogens is 1. The number of pyridine rings is 1. The highest BCUT2D eigenvalue weighted by molar-refractivity contribution is 5.94. The number of nitrogens with one attached hydrogen (secondary N) is 1. The van der Waals surface area contributed by atoms with E-state index in [2.05, 4.69) is 16.3 Å². The van der Waals surface area contributed by atoms with E-state index in [0.29, 0.717) is 18.5 Å². The van der Waals surface area contributed by atoms with Crippen LogP contribution in [-0.2, 0) is 14.9 Å². The molecule has 1 aromatic carbocycles. The van der Waals surface area contributed by atoms with Gasteiger partial charge in [0.15, 0.2) is 11.2 Å². The predicted molar refractivity (Wildman–Crippen MR) is 128 cm³/mol. The number of nitriles is 1. The van der Waals surface area contributed by atoms with E-state index >= 15 is 0 Å². The molecule has 0 amide bonds. The highest BCUT2D eigenvalue weighted by atomic mass is 19.1. The smallest absolute Gasteiger partial charge is 0.335 e. The van der Waals surface area contributed by atoms with Crippen molar-refractivity contribution >= 4 is 28.0 Å². The Balaban J connectivity index is 1.82. The van der Waals surface area contributed by atoms with Gasteiger partial charge in [-0.1, -0.05) is 13.8 Å². The number of aromatic nitrogens is 4. The number of fused-ring (bicyclic) bond motifs is 2. The topological polar surface area (TPSA) is 117 Å². The Morgan fingerprint density at radius 1 is 1.40 bits per heavy atom. The summed E-state index contributed by atoms with van der Waals surface area (Å²) in [6.07, 6.45) is 2.88. The molecule has 1 aliphatic rings. The molecule has 5 rings (SSSR count). The number of hydrogen-bond acceptors (Lipinski definition) is 5. The zero-order chi connectivity index (χ0) is 25.0. The van der Waals surface area contributed by atoms with Gasteiger partial charge in [-0.3, -0.25) is 5.10 Å². The fraction of sp³-hybridized carbons (Fsp3) is 0.385. The Hall–Kier alpha value is -3.77. The lowest BCUT2D eigenvalue weighted by Gasteiger charge is -2.36. The van der Waals surface area contributed by atoms with Gasteiger partial charge in [-0.05, 0) is 50.1 Å². The van der Waals surface area contributed by atoms with Gasteiger partial charge in [0.25, 0.3) is 0 Å². The van der Waals surface area contributed by atoms with Gasteiger partial charge < -0.3 is 14.4 Å². The van der Waals surface area contributed by atoms with E-state index in [4.69, 9.17) is 9.72 Å². The van der Waals surface area contributed by atoms with E-state index in [-0.39, 0.29) is 24.8 Å². The zero-order valence-electron chi connectivity index (χ0n) is 19.8. The van der Waals surface area contributed by atoms with Crippen LogP contribution < -0.4 is 0 Å². The normalized spacial score (nSPS) is 20.8. The number of rotatable bonds is 5. The lowest BCUT2D eigenvalue weighted by Crippen LogP contribution is -2.43. The van der Waals surface area contributed by atoms with Gasteiger partial charge in [0.1, 0.15) is 5.82 Å². The Bertz CT molecular complexity index is 1470. The number of carboxylic acids is 1. The van der Waals surface area contributed by atoms with Gasteiger partial charge in [-0.2, -0.15) is 10.4 Å². The van der Waals surface area contributed by atoms with Crippen molar-refractivity contribution < 1.29 is 19.0 Å². The molecule has 1 fully saturated rings. The molecule has 2 N–H and O–H groups in total. The van der Waals surface area contributed by atoms with E-state index in [0.717, 1.165) is 33.4 Å². The molecule has 8 nitrogen and oxygen atoms in total. The third-order valence-corrected chi connectivity index (χ3v) is 7.06. The molecule has 0 unspecified atom stereocenters. The Labute approximate surface area is 201 Å². The van der Waals surface area contributed by atoms with Crippen molar-refractivity contribution in [1.29, 1.82) is 5.26 Å². The molecular formula is C26H26FN5O3. The fourth-order valence-electron chi connectivity index (χ4n) is 5.07. The number of aliphatic carboxylic acids is 1. The first-order valence-electron chi connectivity index (χ1n) is 11.5. The van der Waals surface area contributed by atoms with Crippen LogP contribution in [0, 0.1) is 17.1 Å². The first-order valence-corrected chi connectivity index (χ1v) is 11.5. The number of aromatic amines is 1.